The fraction of sp³-hybridized carbons (Fsp3) is 0.708. The fourth-order valence-electron chi connectivity index (χ4n) is 4.89. The van der Waals surface area contributed by atoms with Gasteiger partial charge in [0.05, 0.1) is 25.3 Å². The molecule has 1 amide bonds. The molecule has 168 valence electrons. The van der Waals surface area contributed by atoms with E-state index in [1.165, 1.54) is 18.4 Å². The zero-order valence-electron chi connectivity index (χ0n) is 18.9. The third-order valence-corrected chi connectivity index (χ3v) is 6.94. The van der Waals surface area contributed by atoms with Gasteiger partial charge in [0.1, 0.15) is 0 Å². The molecule has 0 spiro atoms. The molecule has 1 N–H and O–H groups in total. The third-order valence-electron chi connectivity index (χ3n) is 6.49. The van der Waals surface area contributed by atoms with Crippen molar-refractivity contribution in [3.05, 3.63) is 35.9 Å². The summed E-state index contributed by atoms with van der Waals surface area (Å²) in [5, 5.41) is 3.65. The molecule has 1 aromatic rings. The van der Waals surface area contributed by atoms with Crippen LogP contribution in [0, 0.1) is 0 Å². The van der Waals surface area contributed by atoms with Crippen LogP contribution in [0.5, 0.6) is 0 Å². The smallest absolute Gasteiger partial charge is 0.237 e. The molecule has 1 saturated carbocycles. The second-order valence-electron chi connectivity index (χ2n) is 9.00. The average Bonchev–Trinajstić information content (AvgIpc) is 2.77. The minimum absolute atomic E-state index is 0.130. The van der Waals surface area contributed by atoms with Crippen LogP contribution in [0.4, 0.5) is 0 Å². The molecule has 0 bridgehead atoms. The number of rotatable bonds is 9. The Balaban J connectivity index is 1.55. The molecule has 6 heteroatoms. The summed E-state index contributed by atoms with van der Waals surface area (Å²) in [6.07, 6.45) is 9.21. The van der Waals surface area contributed by atoms with Crippen LogP contribution in [0.15, 0.2) is 30.3 Å². The van der Waals surface area contributed by atoms with Crippen LogP contribution < -0.4 is 5.32 Å². The lowest BCUT2D eigenvalue weighted by Crippen LogP contribution is -2.59. The predicted octanol–water partition coefficient (Wildman–Crippen LogP) is 3.56. The van der Waals surface area contributed by atoms with Crippen molar-refractivity contribution in [3.63, 3.8) is 0 Å². The van der Waals surface area contributed by atoms with Gasteiger partial charge in [0.25, 0.3) is 0 Å². The summed E-state index contributed by atoms with van der Waals surface area (Å²) in [6.45, 7) is 1.96. The lowest BCUT2D eigenvalue weighted by molar-refractivity contribution is -0.139. The summed E-state index contributed by atoms with van der Waals surface area (Å²) >= 11 is 1.80. The molecule has 1 saturated heterocycles. The molecule has 2 atom stereocenters. The van der Waals surface area contributed by atoms with E-state index in [0.29, 0.717) is 31.2 Å². The van der Waals surface area contributed by atoms with Crippen molar-refractivity contribution in [1.29, 1.82) is 0 Å². The van der Waals surface area contributed by atoms with Crippen LogP contribution >= 0.6 is 11.8 Å². The van der Waals surface area contributed by atoms with Crippen LogP contribution in [0.3, 0.4) is 0 Å². The number of amides is 1. The van der Waals surface area contributed by atoms with Crippen molar-refractivity contribution in [2.24, 2.45) is 0 Å². The highest BCUT2D eigenvalue weighted by Gasteiger charge is 2.35. The predicted molar refractivity (Wildman–Crippen MR) is 126 cm³/mol. The zero-order chi connectivity index (χ0) is 21.3. The summed E-state index contributed by atoms with van der Waals surface area (Å²) in [4.78, 5) is 16.9. The summed E-state index contributed by atoms with van der Waals surface area (Å²) in [5.41, 5.74) is 1.46. The molecule has 0 aromatic heterocycles. The SMILES string of the molecule is CSCN[C@H]1CCCN(C(=O)CN(C)C)[C@H]1CO[C@H]1CC[C@@H](c2ccccc2)CC1. The van der Waals surface area contributed by atoms with Gasteiger partial charge in [-0.25, -0.2) is 0 Å². The highest BCUT2D eigenvalue weighted by Crippen LogP contribution is 2.34. The van der Waals surface area contributed by atoms with Crippen LogP contribution in [-0.2, 0) is 9.53 Å². The van der Waals surface area contributed by atoms with Gasteiger partial charge in [-0.15, -0.1) is 11.8 Å². The summed E-state index contributed by atoms with van der Waals surface area (Å²) in [7, 11) is 3.92. The van der Waals surface area contributed by atoms with Gasteiger partial charge in [0.2, 0.25) is 5.91 Å². The lowest BCUT2D eigenvalue weighted by Gasteiger charge is -2.43. The van der Waals surface area contributed by atoms with Crippen molar-refractivity contribution in [3.8, 4) is 0 Å². The normalized spacial score (nSPS) is 27.4. The average molecular weight is 434 g/mol. The molecule has 1 aliphatic heterocycles. The van der Waals surface area contributed by atoms with Gasteiger partial charge in [0.15, 0.2) is 0 Å². The first-order valence-corrected chi connectivity index (χ1v) is 12.8. The number of piperidine rings is 1. The Morgan fingerprint density at radius 3 is 2.57 bits per heavy atom. The molecule has 1 aliphatic carbocycles. The van der Waals surface area contributed by atoms with Crippen molar-refractivity contribution in [1.82, 2.24) is 15.1 Å². The van der Waals surface area contributed by atoms with Gasteiger partial charge in [-0.2, -0.15) is 0 Å². The van der Waals surface area contributed by atoms with Crippen molar-refractivity contribution in [2.75, 3.05) is 45.9 Å². The molecule has 2 fully saturated rings. The number of carbonyl (C=O) groups is 1. The number of likely N-dealkylation sites (N-methyl/N-ethyl adjacent to an activating group) is 1. The quantitative estimate of drug-likeness (QED) is 0.603. The number of thioether (sulfide) groups is 1. The first-order chi connectivity index (χ1) is 14.6. The Morgan fingerprint density at radius 2 is 1.90 bits per heavy atom. The Kier molecular flexibility index (Phi) is 9.50. The molecule has 5 nitrogen and oxygen atoms in total. The summed E-state index contributed by atoms with van der Waals surface area (Å²) < 4.78 is 6.45. The van der Waals surface area contributed by atoms with Crippen molar-refractivity contribution >= 4 is 17.7 Å². The first kappa shape index (κ1) is 23.6. The number of nitrogens with one attached hydrogen (secondary N) is 1. The monoisotopic (exact) mass is 433 g/mol. The maximum Gasteiger partial charge on any atom is 0.237 e. The van der Waals surface area contributed by atoms with Gasteiger partial charge >= 0.3 is 0 Å². The first-order valence-electron chi connectivity index (χ1n) is 11.4. The largest absolute Gasteiger partial charge is 0.376 e. The van der Waals surface area contributed by atoms with Gasteiger partial charge in [0, 0.05) is 18.5 Å². The van der Waals surface area contributed by atoms with E-state index in [1.54, 1.807) is 11.8 Å². The summed E-state index contributed by atoms with van der Waals surface area (Å²) in [5.74, 6) is 1.80. The molecule has 30 heavy (non-hydrogen) atoms. The molecule has 0 unspecified atom stereocenters. The molecule has 2 aliphatic rings. The van der Waals surface area contributed by atoms with Crippen molar-refractivity contribution in [2.45, 2.75) is 62.6 Å². The van der Waals surface area contributed by atoms with E-state index < -0.39 is 0 Å². The van der Waals surface area contributed by atoms with Gasteiger partial charge in [-0.1, -0.05) is 30.3 Å². The molecule has 0 radical (unpaired) electrons. The second kappa shape index (κ2) is 12.1. The Bertz CT molecular complexity index is 635. The second-order valence-corrected chi connectivity index (χ2v) is 9.86. The number of hydrogen-bond donors (Lipinski definition) is 1. The number of benzene rings is 1. The van der Waals surface area contributed by atoms with Crippen LogP contribution in [-0.4, -0.2) is 79.8 Å². The van der Waals surface area contributed by atoms with Gasteiger partial charge in [-0.05, 0) is 70.4 Å². The number of likely N-dealkylation sites (tertiary alicyclic amines) is 1. The fourth-order valence-corrected chi connectivity index (χ4v) is 5.27. The topological polar surface area (TPSA) is 44.8 Å². The number of nitrogens with zero attached hydrogens (tertiary/aromatic N) is 2. The minimum atomic E-state index is 0.130. The standard InChI is InChI=1S/C24H39N3O2S/c1-26(2)16-24(28)27-15-7-10-22(25-18-30-3)23(27)17-29-21-13-11-20(12-14-21)19-8-5-4-6-9-19/h4-6,8-9,20-23,25H,7,10-18H2,1-3H3/t20-,21+,22-,23-/m0/s1. The maximum absolute atomic E-state index is 12.9. The van der Waals surface area contributed by atoms with E-state index in [0.717, 1.165) is 38.1 Å². The summed E-state index contributed by atoms with van der Waals surface area (Å²) in [6, 6.07) is 11.3. The Hall–Kier alpha value is -1.08. The molecule has 1 heterocycles. The van der Waals surface area contributed by atoms with E-state index in [1.807, 2.05) is 19.0 Å². The number of ether oxygens (including phenoxy) is 1. The van der Waals surface area contributed by atoms with E-state index in [2.05, 4.69) is 46.8 Å². The third kappa shape index (κ3) is 6.71. The van der Waals surface area contributed by atoms with E-state index >= 15 is 0 Å². The minimum Gasteiger partial charge on any atom is -0.376 e. The molecular weight excluding hydrogens is 394 g/mol. The van der Waals surface area contributed by atoms with Gasteiger partial charge in [-0.3, -0.25) is 4.79 Å². The maximum atomic E-state index is 12.9. The van der Waals surface area contributed by atoms with Crippen LogP contribution in [0.25, 0.3) is 0 Å². The lowest BCUT2D eigenvalue weighted by atomic mass is 9.83. The van der Waals surface area contributed by atoms with E-state index in [-0.39, 0.29) is 11.9 Å². The molecule has 1 aromatic carbocycles. The van der Waals surface area contributed by atoms with Gasteiger partial charge < -0.3 is 19.9 Å². The highest BCUT2D eigenvalue weighted by molar-refractivity contribution is 7.98. The Labute approximate surface area is 186 Å². The van der Waals surface area contributed by atoms with Crippen molar-refractivity contribution < 1.29 is 9.53 Å². The van der Waals surface area contributed by atoms with E-state index in [4.69, 9.17) is 4.74 Å². The molecular formula is C24H39N3O2S. The molecule has 3 rings (SSSR count). The number of hydrogen-bond acceptors (Lipinski definition) is 5. The Morgan fingerprint density at radius 1 is 1.17 bits per heavy atom. The van der Waals surface area contributed by atoms with Crippen LogP contribution in [0.1, 0.15) is 50.0 Å². The van der Waals surface area contributed by atoms with E-state index in [9.17, 15) is 4.79 Å². The number of carbonyl (C=O) groups excluding carboxylic acids is 1. The van der Waals surface area contributed by atoms with Crippen LogP contribution in [0.2, 0.25) is 0 Å². The zero-order valence-corrected chi connectivity index (χ0v) is 19.7. The highest BCUT2D eigenvalue weighted by atomic mass is 32.2.